The fraction of sp³-hybridized carbons (Fsp3) is 0.636. The molecule has 174 valence electrons. The first-order valence-corrected chi connectivity index (χ1v) is 12.0. The molecule has 0 radical (unpaired) electrons. The molecule has 1 heterocycles. The second-order valence-electron chi connectivity index (χ2n) is 9.16. The molecule has 0 aliphatic carbocycles. The molecule has 0 spiro atoms. The van der Waals surface area contributed by atoms with E-state index in [1.54, 1.807) is 51.1 Å². The molecule has 1 aliphatic heterocycles. The van der Waals surface area contributed by atoms with Gasteiger partial charge in [0.1, 0.15) is 12.1 Å². The van der Waals surface area contributed by atoms with Crippen molar-refractivity contribution in [2.24, 2.45) is 5.92 Å². The van der Waals surface area contributed by atoms with Crippen molar-refractivity contribution in [1.82, 2.24) is 14.1 Å². The lowest BCUT2D eigenvalue weighted by molar-refractivity contribution is -0.160. The minimum Gasteiger partial charge on any atom is -0.459 e. The summed E-state index contributed by atoms with van der Waals surface area (Å²) in [5.41, 5.74) is -0.640. The molecular weight excluding hydrogens is 418 g/mol. The lowest BCUT2D eigenvalue weighted by Gasteiger charge is -2.34. The van der Waals surface area contributed by atoms with Crippen molar-refractivity contribution in [2.45, 2.75) is 44.1 Å². The molecule has 1 aromatic rings. The third kappa shape index (κ3) is 7.59. The van der Waals surface area contributed by atoms with Gasteiger partial charge in [0.15, 0.2) is 0 Å². The second kappa shape index (κ2) is 10.6. The Balaban J connectivity index is 2.14. The minimum absolute atomic E-state index is 0.114. The number of sulfonamides is 1. The van der Waals surface area contributed by atoms with Crippen LogP contribution in [0.2, 0.25) is 0 Å². The van der Waals surface area contributed by atoms with Crippen molar-refractivity contribution < 1.29 is 22.7 Å². The first-order chi connectivity index (χ1) is 14.4. The fourth-order valence-corrected chi connectivity index (χ4v) is 5.02. The van der Waals surface area contributed by atoms with Gasteiger partial charge in [-0.1, -0.05) is 18.2 Å². The maximum atomic E-state index is 13.3. The lowest BCUT2D eigenvalue weighted by atomic mass is 9.98. The maximum Gasteiger partial charge on any atom is 0.326 e. The van der Waals surface area contributed by atoms with Gasteiger partial charge < -0.3 is 14.5 Å². The van der Waals surface area contributed by atoms with E-state index in [2.05, 4.69) is 0 Å². The molecule has 0 saturated carbocycles. The standard InChI is InChI=1S/C22H35N3O5S/c1-22(2,3)30-20(26)17-24(15-14-23(4)5)21(27)18-10-9-13-25(16-18)31(28,29)19-11-7-6-8-12-19/h6-8,11-12,18H,9-10,13-17H2,1-5H3/t18-/m1/s1. The van der Waals surface area contributed by atoms with E-state index >= 15 is 0 Å². The maximum absolute atomic E-state index is 13.3. The molecule has 1 fully saturated rings. The van der Waals surface area contributed by atoms with E-state index < -0.39 is 27.5 Å². The number of carbonyl (C=O) groups excluding carboxylic acids is 2. The molecule has 1 amide bonds. The average molecular weight is 454 g/mol. The van der Waals surface area contributed by atoms with Crippen molar-refractivity contribution in [1.29, 1.82) is 0 Å². The first kappa shape index (κ1) is 25.3. The summed E-state index contributed by atoms with van der Waals surface area (Å²) in [6.07, 6.45) is 1.18. The fourth-order valence-electron chi connectivity index (χ4n) is 3.48. The Morgan fingerprint density at radius 2 is 1.77 bits per heavy atom. The van der Waals surface area contributed by atoms with E-state index in [1.807, 2.05) is 19.0 Å². The normalized spacial score (nSPS) is 18.1. The zero-order valence-electron chi connectivity index (χ0n) is 19.2. The number of likely N-dealkylation sites (N-methyl/N-ethyl adjacent to an activating group) is 1. The summed E-state index contributed by atoms with van der Waals surface area (Å²) in [6, 6.07) is 8.26. The van der Waals surface area contributed by atoms with Gasteiger partial charge in [0, 0.05) is 26.2 Å². The number of hydrogen-bond acceptors (Lipinski definition) is 6. The third-order valence-corrected chi connectivity index (χ3v) is 6.86. The Kier molecular flexibility index (Phi) is 8.62. The van der Waals surface area contributed by atoms with Crippen molar-refractivity contribution in [3.8, 4) is 0 Å². The molecule has 1 saturated heterocycles. The van der Waals surface area contributed by atoms with Gasteiger partial charge in [-0.25, -0.2) is 8.42 Å². The van der Waals surface area contributed by atoms with Crippen LogP contribution in [0.1, 0.15) is 33.6 Å². The van der Waals surface area contributed by atoms with Gasteiger partial charge in [0.25, 0.3) is 0 Å². The lowest BCUT2D eigenvalue weighted by Crippen LogP contribution is -2.49. The number of esters is 1. The van der Waals surface area contributed by atoms with Crippen LogP contribution in [0.4, 0.5) is 0 Å². The number of hydrogen-bond donors (Lipinski definition) is 0. The Morgan fingerprint density at radius 3 is 2.35 bits per heavy atom. The predicted octanol–water partition coefficient (Wildman–Crippen LogP) is 1.82. The summed E-state index contributed by atoms with van der Waals surface area (Å²) in [4.78, 5) is 29.3. The molecule has 0 unspecified atom stereocenters. The number of rotatable bonds is 8. The molecule has 8 nitrogen and oxygen atoms in total. The number of amides is 1. The summed E-state index contributed by atoms with van der Waals surface area (Å²) in [6.45, 7) is 6.65. The van der Waals surface area contributed by atoms with Crippen LogP contribution in [0.5, 0.6) is 0 Å². The number of ether oxygens (including phenoxy) is 1. The molecule has 0 aromatic heterocycles. The Labute approximate surface area is 186 Å². The summed E-state index contributed by atoms with van der Waals surface area (Å²) >= 11 is 0. The smallest absolute Gasteiger partial charge is 0.326 e. The molecule has 0 bridgehead atoms. The van der Waals surface area contributed by atoms with Gasteiger partial charge in [-0.2, -0.15) is 4.31 Å². The van der Waals surface area contributed by atoms with E-state index in [1.165, 1.54) is 9.21 Å². The highest BCUT2D eigenvalue weighted by atomic mass is 32.2. The molecular formula is C22H35N3O5S. The first-order valence-electron chi connectivity index (χ1n) is 10.6. The van der Waals surface area contributed by atoms with Crippen LogP contribution in [-0.4, -0.2) is 86.8 Å². The van der Waals surface area contributed by atoms with Crippen LogP contribution in [0.25, 0.3) is 0 Å². The van der Waals surface area contributed by atoms with E-state index in [-0.39, 0.29) is 23.9 Å². The quantitative estimate of drug-likeness (QED) is 0.558. The molecule has 9 heteroatoms. The monoisotopic (exact) mass is 453 g/mol. The van der Waals surface area contributed by atoms with Gasteiger partial charge >= 0.3 is 5.97 Å². The predicted molar refractivity (Wildman–Crippen MR) is 119 cm³/mol. The molecule has 2 rings (SSSR count). The van der Waals surface area contributed by atoms with Crippen molar-refractivity contribution in [2.75, 3.05) is 46.8 Å². The van der Waals surface area contributed by atoms with Crippen molar-refractivity contribution in [3.63, 3.8) is 0 Å². The molecule has 1 atom stereocenters. The topological polar surface area (TPSA) is 87.2 Å². The summed E-state index contributed by atoms with van der Waals surface area (Å²) in [5.74, 6) is -1.17. The Morgan fingerprint density at radius 1 is 1.13 bits per heavy atom. The van der Waals surface area contributed by atoms with E-state index in [0.29, 0.717) is 32.5 Å². The van der Waals surface area contributed by atoms with E-state index in [4.69, 9.17) is 4.74 Å². The highest BCUT2D eigenvalue weighted by molar-refractivity contribution is 7.89. The molecule has 1 aromatic carbocycles. The van der Waals surface area contributed by atoms with Gasteiger partial charge in [0.2, 0.25) is 15.9 Å². The Bertz CT molecular complexity index is 850. The van der Waals surface area contributed by atoms with E-state index in [0.717, 1.165) is 0 Å². The average Bonchev–Trinajstić information content (AvgIpc) is 2.70. The number of piperidine rings is 1. The number of nitrogens with zero attached hydrogens (tertiary/aromatic N) is 3. The SMILES string of the molecule is CN(C)CCN(CC(=O)OC(C)(C)C)C(=O)[C@@H]1CCCN(S(=O)(=O)c2ccccc2)C1. The van der Waals surface area contributed by atoms with Crippen molar-refractivity contribution >= 4 is 21.9 Å². The van der Waals surface area contributed by atoms with Crippen molar-refractivity contribution in [3.05, 3.63) is 30.3 Å². The summed E-state index contributed by atoms with van der Waals surface area (Å²) in [7, 11) is 0.123. The van der Waals surface area contributed by atoms with Crippen LogP contribution in [0, 0.1) is 5.92 Å². The minimum atomic E-state index is -3.66. The molecule has 1 aliphatic rings. The van der Waals surface area contributed by atoms with E-state index in [9.17, 15) is 18.0 Å². The van der Waals surface area contributed by atoms with Crippen LogP contribution in [-0.2, 0) is 24.3 Å². The van der Waals surface area contributed by atoms with Crippen LogP contribution in [0.15, 0.2) is 35.2 Å². The zero-order chi connectivity index (χ0) is 23.2. The highest BCUT2D eigenvalue weighted by Crippen LogP contribution is 2.25. The van der Waals surface area contributed by atoms with Crippen LogP contribution in [0.3, 0.4) is 0 Å². The molecule has 31 heavy (non-hydrogen) atoms. The highest BCUT2D eigenvalue weighted by Gasteiger charge is 2.35. The largest absolute Gasteiger partial charge is 0.459 e. The Hall–Kier alpha value is -1.97. The van der Waals surface area contributed by atoms with Gasteiger partial charge in [-0.3, -0.25) is 9.59 Å². The summed E-state index contributed by atoms with van der Waals surface area (Å²) in [5, 5.41) is 0. The van der Waals surface area contributed by atoms with Gasteiger partial charge in [0.05, 0.1) is 10.8 Å². The third-order valence-electron chi connectivity index (χ3n) is 4.98. The van der Waals surface area contributed by atoms with Gasteiger partial charge in [-0.05, 0) is 59.8 Å². The van der Waals surface area contributed by atoms with Crippen LogP contribution < -0.4 is 0 Å². The summed E-state index contributed by atoms with van der Waals surface area (Å²) < 4.78 is 32.8. The number of carbonyl (C=O) groups is 2. The number of benzene rings is 1. The second-order valence-corrected chi connectivity index (χ2v) is 11.1. The van der Waals surface area contributed by atoms with Crippen LogP contribution >= 0.6 is 0 Å². The molecule has 0 N–H and O–H groups in total. The van der Waals surface area contributed by atoms with Gasteiger partial charge in [-0.15, -0.1) is 0 Å². The zero-order valence-corrected chi connectivity index (χ0v) is 20.0.